The summed E-state index contributed by atoms with van der Waals surface area (Å²) in [6.45, 7) is 5.33. The smallest absolute Gasteiger partial charge is 0.293 e. The molecule has 0 bridgehead atoms. The number of aromatic nitrogens is 3. The lowest BCUT2D eigenvalue weighted by atomic mass is 9.96. The summed E-state index contributed by atoms with van der Waals surface area (Å²) in [4.78, 5) is 30.2. The number of amides is 2. The van der Waals surface area contributed by atoms with Crippen LogP contribution in [0.15, 0.2) is 18.2 Å². The number of nitrogens with one attached hydrogen (secondary N) is 1. The highest BCUT2D eigenvalue weighted by atomic mass is 35.5. The number of para-hydroxylation sites is 1. The van der Waals surface area contributed by atoms with Gasteiger partial charge in [-0.15, -0.1) is 5.10 Å². The fraction of sp³-hybridized carbons (Fsp3) is 0.474. The Morgan fingerprint density at radius 1 is 1.21 bits per heavy atom. The van der Waals surface area contributed by atoms with E-state index >= 15 is 0 Å². The number of hydrogen-bond donors (Lipinski definition) is 1. The van der Waals surface area contributed by atoms with Gasteiger partial charge in [0.25, 0.3) is 5.91 Å². The summed E-state index contributed by atoms with van der Waals surface area (Å²) in [7, 11) is 0. The minimum absolute atomic E-state index is 0.0291. The van der Waals surface area contributed by atoms with Gasteiger partial charge in [-0.1, -0.05) is 36.2 Å². The molecule has 0 radical (unpaired) electrons. The third kappa shape index (κ3) is 4.47. The van der Waals surface area contributed by atoms with E-state index in [0.29, 0.717) is 53.5 Å². The van der Waals surface area contributed by atoms with Crippen LogP contribution < -0.4 is 5.32 Å². The average molecular weight is 424 g/mol. The first-order valence-electron chi connectivity index (χ1n) is 9.34. The molecule has 0 spiro atoms. The molecule has 1 aliphatic rings. The normalized spacial score (nSPS) is 14.9. The second-order valence-corrected chi connectivity index (χ2v) is 7.67. The average Bonchev–Trinajstić information content (AvgIpc) is 3.10. The molecule has 7 nitrogen and oxygen atoms in total. The highest BCUT2D eigenvalue weighted by molar-refractivity contribution is 6.37. The number of rotatable bonds is 5. The molecule has 1 aromatic heterocycles. The largest absolute Gasteiger partial charge is 0.356 e. The van der Waals surface area contributed by atoms with Crippen molar-refractivity contribution < 1.29 is 9.59 Å². The number of likely N-dealkylation sites (tertiary alicyclic amines) is 1. The van der Waals surface area contributed by atoms with Crippen LogP contribution in [-0.4, -0.2) is 51.1 Å². The molecule has 2 amide bonds. The zero-order chi connectivity index (χ0) is 20.3. The molecule has 0 unspecified atom stereocenters. The van der Waals surface area contributed by atoms with Gasteiger partial charge >= 0.3 is 0 Å². The molecule has 2 aromatic rings. The summed E-state index contributed by atoms with van der Waals surface area (Å²) >= 11 is 12.6. The van der Waals surface area contributed by atoms with Gasteiger partial charge in [0.15, 0.2) is 0 Å². The van der Waals surface area contributed by atoms with Crippen LogP contribution in [0, 0.1) is 5.92 Å². The van der Waals surface area contributed by atoms with Crippen molar-refractivity contribution in [3.63, 3.8) is 0 Å². The number of halogens is 2. The lowest BCUT2D eigenvalue weighted by molar-refractivity contribution is -0.119. The van der Waals surface area contributed by atoms with Crippen LogP contribution in [0.3, 0.4) is 0 Å². The molecule has 0 saturated carbocycles. The highest BCUT2D eigenvalue weighted by Gasteiger charge is 2.27. The fourth-order valence-corrected chi connectivity index (χ4v) is 3.86. The Balaban J connectivity index is 1.75. The van der Waals surface area contributed by atoms with Gasteiger partial charge in [0.05, 0.1) is 10.0 Å². The van der Waals surface area contributed by atoms with Crippen molar-refractivity contribution >= 4 is 35.0 Å². The van der Waals surface area contributed by atoms with Crippen LogP contribution in [0.1, 0.15) is 43.1 Å². The van der Waals surface area contributed by atoms with Crippen molar-refractivity contribution in [1.82, 2.24) is 25.0 Å². The molecule has 1 saturated heterocycles. The van der Waals surface area contributed by atoms with Crippen LogP contribution in [0.5, 0.6) is 0 Å². The summed E-state index contributed by atoms with van der Waals surface area (Å²) in [5, 5.41) is 8.16. The third-order valence-electron chi connectivity index (χ3n) is 4.87. The van der Waals surface area contributed by atoms with Gasteiger partial charge in [-0.3, -0.25) is 9.59 Å². The van der Waals surface area contributed by atoms with E-state index in [1.165, 1.54) is 6.92 Å². The van der Waals surface area contributed by atoms with Crippen LogP contribution in [0.25, 0.3) is 5.69 Å². The summed E-state index contributed by atoms with van der Waals surface area (Å²) in [6.07, 6.45) is 2.26. The highest BCUT2D eigenvalue weighted by Crippen LogP contribution is 2.29. The predicted molar refractivity (Wildman–Crippen MR) is 108 cm³/mol. The number of carbonyl (C=O) groups is 2. The second-order valence-electron chi connectivity index (χ2n) is 6.86. The van der Waals surface area contributed by atoms with Crippen molar-refractivity contribution in [2.24, 2.45) is 5.92 Å². The molecule has 0 atom stereocenters. The zero-order valence-electron chi connectivity index (χ0n) is 15.9. The van der Waals surface area contributed by atoms with Gasteiger partial charge in [0.2, 0.25) is 11.7 Å². The fourth-order valence-electron chi connectivity index (χ4n) is 3.30. The molecule has 1 N–H and O–H groups in total. The van der Waals surface area contributed by atoms with Crippen molar-refractivity contribution in [1.29, 1.82) is 0 Å². The number of hydrogen-bond acceptors (Lipinski definition) is 4. The van der Waals surface area contributed by atoms with E-state index in [1.54, 1.807) is 27.8 Å². The summed E-state index contributed by atoms with van der Waals surface area (Å²) in [5.41, 5.74) is 0.531. The third-order valence-corrected chi connectivity index (χ3v) is 5.48. The van der Waals surface area contributed by atoms with Crippen molar-refractivity contribution in [2.75, 3.05) is 19.6 Å². The standard InChI is InChI=1S/C19H23Cl2N5O2/c1-3-16-23-18(24-26(16)17-14(20)5-4-6-15(17)21)19(28)25-9-7-13(8-10-25)11-22-12(2)27/h4-6,13H,3,7-11H2,1-2H3,(H,22,27). The topological polar surface area (TPSA) is 80.1 Å². The molecule has 1 aromatic carbocycles. The van der Waals surface area contributed by atoms with Gasteiger partial charge < -0.3 is 10.2 Å². The van der Waals surface area contributed by atoms with Crippen LogP contribution in [0.2, 0.25) is 10.0 Å². The van der Waals surface area contributed by atoms with E-state index in [-0.39, 0.29) is 17.6 Å². The van der Waals surface area contributed by atoms with Crippen molar-refractivity contribution in [3.05, 3.63) is 39.9 Å². The number of aryl methyl sites for hydroxylation is 1. The molecule has 1 aliphatic heterocycles. The maximum atomic E-state index is 12.9. The SMILES string of the molecule is CCc1nc(C(=O)N2CCC(CNC(C)=O)CC2)nn1-c1c(Cl)cccc1Cl. The number of piperidine rings is 1. The molecular formula is C19H23Cl2N5O2. The van der Waals surface area contributed by atoms with Gasteiger partial charge in [-0.25, -0.2) is 9.67 Å². The van der Waals surface area contributed by atoms with Crippen molar-refractivity contribution in [3.8, 4) is 5.69 Å². The summed E-state index contributed by atoms with van der Waals surface area (Å²) in [5.74, 6) is 0.923. The Morgan fingerprint density at radius 2 is 1.86 bits per heavy atom. The van der Waals surface area contributed by atoms with Gasteiger partial charge in [0, 0.05) is 33.0 Å². The predicted octanol–water partition coefficient (Wildman–Crippen LogP) is 3.12. The monoisotopic (exact) mass is 423 g/mol. The minimum Gasteiger partial charge on any atom is -0.356 e. The first-order valence-corrected chi connectivity index (χ1v) is 10.1. The number of benzene rings is 1. The van der Waals surface area contributed by atoms with E-state index in [4.69, 9.17) is 23.2 Å². The van der Waals surface area contributed by atoms with E-state index in [2.05, 4.69) is 15.4 Å². The van der Waals surface area contributed by atoms with Gasteiger partial charge in [-0.2, -0.15) is 0 Å². The molecule has 2 heterocycles. The Bertz CT molecular complexity index is 855. The van der Waals surface area contributed by atoms with Crippen molar-refractivity contribution in [2.45, 2.75) is 33.1 Å². The maximum Gasteiger partial charge on any atom is 0.293 e. The van der Waals surface area contributed by atoms with E-state index in [9.17, 15) is 9.59 Å². The number of nitrogens with zero attached hydrogens (tertiary/aromatic N) is 4. The van der Waals surface area contributed by atoms with Crippen LogP contribution >= 0.6 is 23.2 Å². The Labute approximate surface area is 174 Å². The second kappa shape index (κ2) is 8.92. The molecule has 1 fully saturated rings. The molecule has 150 valence electrons. The lowest BCUT2D eigenvalue weighted by Gasteiger charge is -2.31. The van der Waals surface area contributed by atoms with E-state index in [1.807, 2.05) is 6.92 Å². The van der Waals surface area contributed by atoms with Crippen LogP contribution in [-0.2, 0) is 11.2 Å². The maximum absolute atomic E-state index is 12.9. The van der Waals surface area contributed by atoms with E-state index in [0.717, 1.165) is 12.8 Å². The summed E-state index contributed by atoms with van der Waals surface area (Å²) in [6, 6.07) is 5.21. The zero-order valence-corrected chi connectivity index (χ0v) is 17.4. The number of carbonyl (C=O) groups excluding carboxylic acids is 2. The lowest BCUT2D eigenvalue weighted by Crippen LogP contribution is -2.41. The Morgan fingerprint density at radius 3 is 2.43 bits per heavy atom. The first-order chi connectivity index (χ1) is 13.4. The van der Waals surface area contributed by atoms with Gasteiger partial charge in [-0.05, 0) is 30.9 Å². The molecule has 0 aliphatic carbocycles. The van der Waals surface area contributed by atoms with Crippen LogP contribution in [0.4, 0.5) is 0 Å². The molecule has 3 rings (SSSR count). The molecular weight excluding hydrogens is 401 g/mol. The van der Waals surface area contributed by atoms with Gasteiger partial charge in [0.1, 0.15) is 11.5 Å². The molecule has 28 heavy (non-hydrogen) atoms. The minimum atomic E-state index is -0.199. The Kier molecular flexibility index (Phi) is 6.57. The Hall–Kier alpha value is -2.12. The first kappa shape index (κ1) is 20.6. The summed E-state index contributed by atoms with van der Waals surface area (Å²) < 4.78 is 1.56. The quantitative estimate of drug-likeness (QED) is 0.800. The molecule has 9 heteroatoms. The van der Waals surface area contributed by atoms with E-state index < -0.39 is 0 Å².